The summed E-state index contributed by atoms with van der Waals surface area (Å²) in [6.45, 7) is 0. The second-order valence-corrected chi connectivity index (χ2v) is 9.29. The minimum atomic E-state index is 0.690. The highest BCUT2D eigenvalue weighted by atomic mass is 127. The van der Waals surface area contributed by atoms with Gasteiger partial charge in [-0.3, -0.25) is 0 Å². The molecule has 0 unspecified atom stereocenters. The SMILES string of the molecule is Clc1ccccc1-c1oc(-c2ccc(Br)cc2)c2cc(I)cc(I)c12. The molecule has 0 aliphatic rings. The quantitative estimate of drug-likeness (QED) is 0.202. The van der Waals surface area contributed by atoms with E-state index in [4.69, 9.17) is 16.0 Å². The van der Waals surface area contributed by atoms with Gasteiger partial charge in [0.05, 0.1) is 5.02 Å². The average Bonchev–Trinajstić information content (AvgIpc) is 2.95. The molecule has 1 heterocycles. The van der Waals surface area contributed by atoms with Crippen LogP contribution in [0.15, 0.2) is 69.6 Å². The Bertz CT molecular complexity index is 1090. The molecule has 0 saturated heterocycles. The van der Waals surface area contributed by atoms with Crippen molar-refractivity contribution in [2.24, 2.45) is 0 Å². The first-order valence-corrected chi connectivity index (χ1v) is 10.8. The summed E-state index contributed by atoms with van der Waals surface area (Å²) in [7, 11) is 0. The normalized spacial score (nSPS) is 11.2. The van der Waals surface area contributed by atoms with Crippen LogP contribution >= 0.6 is 72.7 Å². The van der Waals surface area contributed by atoms with E-state index in [-0.39, 0.29) is 0 Å². The van der Waals surface area contributed by atoms with E-state index in [1.807, 2.05) is 36.4 Å². The van der Waals surface area contributed by atoms with E-state index in [0.717, 1.165) is 41.5 Å². The fourth-order valence-corrected chi connectivity index (χ4v) is 5.42. The van der Waals surface area contributed by atoms with Crippen LogP contribution in [0.4, 0.5) is 0 Å². The number of benzene rings is 3. The molecule has 3 aromatic carbocycles. The minimum Gasteiger partial charge on any atom is -0.455 e. The summed E-state index contributed by atoms with van der Waals surface area (Å²) in [4.78, 5) is 0. The first-order chi connectivity index (χ1) is 12.0. The lowest BCUT2D eigenvalue weighted by Gasteiger charge is -2.02. The third-order valence-corrected chi connectivity index (χ3v) is 6.29. The smallest absolute Gasteiger partial charge is 0.145 e. The molecular weight excluding hydrogens is 625 g/mol. The maximum Gasteiger partial charge on any atom is 0.145 e. The summed E-state index contributed by atoms with van der Waals surface area (Å²) >= 11 is 14.7. The van der Waals surface area contributed by atoms with Gasteiger partial charge < -0.3 is 4.42 Å². The van der Waals surface area contributed by atoms with E-state index in [0.29, 0.717) is 5.02 Å². The van der Waals surface area contributed by atoms with Gasteiger partial charge in [-0.2, -0.15) is 0 Å². The number of hydrogen-bond acceptors (Lipinski definition) is 1. The molecule has 25 heavy (non-hydrogen) atoms. The molecule has 124 valence electrons. The molecule has 0 fully saturated rings. The number of fused-ring (bicyclic) bond motifs is 1. The summed E-state index contributed by atoms with van der Waals surface area (Å²) in [5.74, 6) is 1.69. The van der Waals surface area contributed by atoms with Crippen LogP contribution in [0.2, 0.25) is 5.02 Å². The van der Waals surface area contributed by atoms with Crippen molar-refractivity contribution < 1.29 is 4.42 Å². The van der Waals surface area contributed by atoms with Gasteiger partial charge in [-0.1, -0.05) is 51.8 Å². The molecule has 0 N–H and O–H groups in total. The first-order valence-electron chi connectivity index (χ1n) is 7.47. The molecule has 1 aromatic heterocycles. The van der Waals surface area contributed by atoms with Crippen molar-refractivity contribution in [1.29, 1.82) is 0 Å². The Kier molecular flexibility index (Phi) is 5.14. The minimum absolute atomic E-state index is 0.690. The van der Waals surface area contributed by atoms with Crippen molar-refractivity contribution >= 4 is 83.5 Å². The Morgan fingerprint density at radius 1 is 0.880 bits per heavy atom. The Morgan fingerprint density at radius 2 is 1.60 bits per heavy atom. The maximum absolute atomic E-state index is 6.45. The zero-order valence-corrected chi connectivity index (χ0v) is 19.4. The molecule has 0 amide bonds. The Morgan fingerprint density at radius 3 is 2.32 bits per heavy atom. The summed E-state index contributed by atoms with van der Waals surface area (Å²) in [5, 5.41) is 2.90. The van der Waals surface area contributed by atoms with E-state index >= 15 is 0 Å². The van der Waals surface area contributed by atoms with Crippen molar-refractivity contribution in [2.75, 3.05) is 0 Å². The van der Waals surface area contributed by atoms with Crippen LogP contribution in [0.3, 0.4) is 0 Å². The van der Waals surface area contributed by atoms with Crippen LogP contribution in [0.1, 0.15) is 0 Å². The Labute approximate surface area is 186 Å². The highest BCUT2D eigenvalue weighted by Crippen LogP contribution is 2.43. The molecule has 0 radical (unpaired) electrons. The average molecular weight is 635 g/mol. The predicted octanol–water partition coefficient (Wildman–Crippen LogP) is 8.39. The Hall–Kier alpha value is -0.570. The van der Waals surface area contributed by atoms with Gasteiger partial charge in [0.25, 0.3) is 0 Å². The van der Waals surface area contributed by atoms with E-state index in [1.54, 1.807) is 0 Å². The number of furan rings is 1. The second-order valence-electron chi connectivity index (χ2n) is 5.56. The van der Waals surface area contributed by atoms with Gasteiger partial charge >= 0.3 is 0 Å². The van der Waals surface area contributed by atoms with Gasteiger partial charge in [0, 0.05) is 33.5 Å². The maximum atomic E-state index is 6.45. The van der Waals surface area contributed by atoms with Crippen LogP contribution in [-0.4, -0.2) is 0 Å². The van der Waals surface area contributed by atoms with Crippen LogP contribution < -0.4 is 0 Å². The van der Waals surface area contributed by atoms with Crippen molar-refractivity contribution in [3.8, 4) is 22.6 Å². The lowest BCUT2D eigenvalue weighted by atomic mass is 10.0. The van der Waals surface area contributed by atoms with Gasteiger partial charge in [-0.15, -0.1) is 0 Å². The molecular formula is C20H10BrClI2O. The topological polar surface area (TPSA) is 13.1 Å². The van der Waals surface area contributed by atoms with Gasteiger partial charge in [-0.05, 0) is 81.6 Å². The van der Waals surface area contributed by atoms with Gasteiger partial charge in [-0.25, -0.2) is 0 Å². The number of rotatable bonds is 2. The van der Waals surface area contributed by atoms with E-state index < -0.39 is 0 Å². The van der Waals surface area contributed by atoms with Crippen molar-refractivity contribution in [1.82, 2.24) is 0 Å². The lowest BCUT2D eigenvalue weighted by molar-refractivity contribution is 0.602. The third-order valence-electron chi connectivity index (χ3n) is 3.96. The van der Waals surface area contributed by atoms with Crippen molar-refractivity contribution in [3.05, 3.63) is 77.3 Å². The highest BCUT2D eigenvalue weighted by Gasteiger charge is 2.20. The third kappa shape index (κ3) is 3.38. The molecule has 0 aliphatic heterocycles. The van der Waals surface area contributed by atoms with Crippen molar-refractivity contribution in [2.45, 2.75) is 0 Å². The highest BCUT2D eigenvalue weighted by molar-refractivity contribution is 14.1. The van der Waals surface area contributed by atoms with E-state index in [1.165, 1.54) is 3.57 Å². The summed E-state index contributed by atoms with van der Waals surface area (Å²) in [6.07, 6.45) is 0. The number of halogens is 4. The summed E-state index contributed by atoms with van der Waals surface area (Å²) in [6, 6.07) is 20.3. The zero-order valence-electron chi connectivity index (χ0n) is 12.7. The van der Waals surface area contributed by atoms with E-state index in [2.05, 4.69) is 85.4 Å². The van der Waals surface area contributed by atoms with Crippen LogP contribution in [0.25, 0.3) is 33.4 Å². The zero-order chi connectivity index (χ0) is 17.6. The lowest BCUT2D eigenvalue weighted by Crippen LogP contribution is -1.82. The number of hydrogen-bond donors (Lipinski definition) is 0. The van der Waals surface area contributed by atoms with E-state index in [9.17, 15) is 0 Å². The second kappa shape index (κ2) is 7.21. The molecule has 0 atom stereocenters. The van der Waals surface area contributed by atoms with Crippen LogP contribution in [-0.2, 0) is 0 Å². The molecule has 4 rings (SSSR count). The molecule has 0 bridgehead atoms. The fourth-order valence-electron chi connectivity index (χ4n) is 2.84. The van der Waals surface area contributed by atoms with Gasteiger partial charge in [0.15, 0.2) is 0 Å². The Balaban J connectivity index is 2.08. The molecule has 0 aliphatic carbocycles. The molecule has 4 aromatic rings. The predicted molar refractivity (Wildman–Crippen MR) is 125 cm³/mol. The van der Waals surface area contributed by atoms with Gasteiger partial charge in [0.2, 0.25) is 0 Å². The van der Waals surface area contributed by atoms with Crippen molar-refractivity contribution in [3.63, 3.8) is 0 Å². The molecule has 0 spiro atoms. The molecule has 1 nitrogen and oxygen atoms in total. The fraction of sp³-hybridized carbons (Fsp3) is 0. The molecule has 0 saturated carbocycles. The summed E-state index contributed by atoms with van der Waals surface area (Å²) < 4.78 is 9.76. The summed E-state index contributed by atoms with van der Waals surface area (Å²) in [5.41, 5.74) is 1.96. The van der Waals surface area contributed by atoms with Crippen LogP contribution in [0, 0.1) is 7.14 Å². The van der Waals surface area contributed by atoms with Crippen LogP contribution in [0.5, 0.6) is 0 Å². The molecule has 5 heteroatoms. The largest absolute Gasteiger partial charge is 0.455 e. The standard InChI is InChI=1S/C20H10BrClI2O/c21-12-7-5-11(6-8-12)19-15-9-13(23)10-17(24)18(15)20(25-19)14-3-1-2-4-16(14)22/h1-10H. The van der Waals surface area contributed by atoms with Gasteiger partial charge in [0.1, 0.15) is 11.5 Å². The first kappa shape index (κ1) is 17.8. The monoisotopic (exact) mass is 634 g/mol.